The van der Waals surface area contributed by atoms with E-state index in [1.165, 1.54) is 18.2 Å². The largest absolute Gasteiger partial charge is 0.351 e. The average Bonchev–Trinajstić information content (AvgIpc) is 3.16. The maximum absolute atomic E-state index is 12.1. The molecule has 1 N–H and O–H groups in total. The molecule has 1 amide bonds. The molecule has 1 aromatic carbocycles. The number of nitro groups is 1. The smallest absolute Gasteiger partial charge is 0.282 e. The lowest BCUT2D eigenvalue weighted by Gasteiger charge is -2.14. The molecule has 108 valence electrons. The lowest BCUT2D eigenvalue weighted by molar-refractivity contribution is -0.385. The Morgan fingerprint density at radius 3 is 2.75 bits per heavy atom. The Morgan fingerprint density at radius 1 is 1.50 bits per heavy atom. The van der Waals surface area contributed by atoms with Crippen LogP contribution in [0.2, 0.25) is 5.02 Å². The van der Waals surface area contributed by atoms with Gasteiger partial charge in [-0.25, -0.2) is 0 Å². The maximum Gasteiger partial charge on any atom is 0.282 e. The van der Waals surface area contributed by atoms with E-state index in [4.69, 9.17) is 11.6 Å². The summed E-state index contributed by atoms with van der Waals surface area (Å²) in [6.45, 7) is 0.543. The Morgan fingerprint density at radius 2 is 2.20 bits per heavy atom. The van der Waals surface area contributed by atoms with Crippen LogP contribution in [-0.4, -0.2) is 22.7 Å². The van der Waals surface area contributed by atoms with E-state index >= 15 is 0 Å². The van der Waals surface area contributed by atoms with Crippen molar-refractivity contribution in [2.45, 2.75) is 19.3 Å². The standard InChI is InChI=1S/C13H14BrClN2O3/c14-6-5-13(3-4-13)8-16-12(18)10-7-9(15)1-2-11(10)17(19)20/h1-2,7H,3-6,8H2,(H,16,18). The summed E-state index contributed by atoms with van der Waals surface area (Å²) in [5.74, 6) is -0.444. The highest BCUT2D eigenvalue weighted by atomic mass is 79.9. The summed E-state index contributed by atoms with van der Waals surface area (Å²) in [6, 6.07) is 3.99. The minimum atomic E-state index is -0.573. The molecule has 0 heterocycles. The molecular weight excluding hydrogens is 348 g/mol. The molecule has 1 aliphatic carbocycles. The van der Waals surface area contributed by atoms with E-state index in [1.807, 2.05) is 0 Å². The van der Waals surface area contributed by atoms with Crippen molar-refractivity contribution in [2.75, 3.05) is 11.9 Å². The van der Waals surface area contributed by atoms with E-state index in [1.54, 1.807) is 0 Å². The zero-order chi connectivity index (χ0) is 14.8. The summed E-state index contributed by atoms with van der Waals surface area (Å²) in [5.41, 5.74) is -0.0543. The summed E-state index contributed by atoms with van der Waals surface area (Å²) in [6.07, 6.45) is 3.15. The SMILES string of the molecule is O=C(NCC1(CCBr)CC1)c1cc(Cl)ccc1[N+](=O)[O-]. The van der Waals surface area contributed by atoms with Crippen LogP contribution in [-0.2, 0) is 0 Å². The second-order valence-electron chi connectivity index (χ2n) is 5.04. The Bertz CT molecular complexity index is 546. The summed E-state index contributed by atoms with van der Waals surface area (Å²) < 4.78 is 0. The van der Waals surface area contributed by atoms with Crippen molar-refractivity contribution in [3.8, 4) is 0 Å². The number of nitrogens with one attached hydrogen (secondary N) is 1. The van der Waals surface area contributed by atoms with Gasteiger partial charge in [-0.1, -0.05) is 27.5 Å². The van der Waals surface area contributed by atoms with Crippen molar-refractivity contribution >= 4 is 39.1 Å². The van der Waals surface area contributed by atoms with Gasteiger partial charge in [0.15, 0.2) is 0 Å². The highest BCUT2D eigenvalue weighted by Crippen LogP contribution is 2.48. The Hall–Kier alpha value is -1.14. The van der Waals surface area contributed by atoms with Crippen LogP contribution in [0.4, 0.5) is 5.69 Å². The van der Waals surface area contributed by atoms with Gasteiger partial charge in [0.05, 0.1) is 4.92 Å². The van der Waals surface area contributed by atoms with E-state index in [0.717, 1.165) is 24.6 Å². The fraction of sp³-hybridized carbons (Fsp3) is 0.462. The van der Waals surface area contributed by atoms with Gasteiger partial charge in [-0.3, -0.25) is 14.9 Å². The molecule has 20 heavy (non-hydrogen) atoms. The van der Waals surface area contributed by atoms with Crippen molar-refractivity contribution in [1.29, 1.82) is 0 Å². The molecule has 2 rings (SSSR count). The summed E-state index contributed by atoms with van der Waals surface area (Å²) >= 11 is 9.21. The fourth-order valence-corrected chi connectivity index (χ4v) is 3.12. The fourth-order valence-electron chi connectivity index (χ4n) is 2.10. The van der Waals surface area contributed by atoms with Crippen LogP contribution >= 0.6 is 27.5 Å². The monoisotopic (exact) mass is 360 g/mol. The van der Waals surface area contributed by atoms with E-state index in [2.05, 4.69) is 21.2 Å². The number of carbonyl (C=O) groups is 1. The second-order valence-corrected chi connectivity index (χ2v) is 6.27. The van der Waals surface area contributed by atoms with E-state index in [9.17, 15) is 14.9 Å². The van der Waals surface area contributed by atoms with Crippen molar-refractivity contribution in [3.63, 3.8) is 0 Å². The van der Waals surface area contributed by atoms with Gasteiger partial charge in [0.2, 0.25) is 0 Å². The summed E-state index contributed by atoms with van der Waals surface area (Å²) in [4.78, 5) is 22.5. The topological polar surface area (TPSA) is 72.2 Å². The molecule has 1 saturated carbocycles. The predicted octanol–water partition coefficient (Wildman–Crippen LogP) is 3.54. The molecule has 1 aliphatic rings. The third kappa shape index (κ3) is 3.49. The summed E-state index contributed by atoms with van der Waals surface area (Å²) in [7, 11) is 0. The molecule has 0 unspecified atom stereocenters. The highest BCUT2D eigenvalue weighted by molar-refractivity contribution is 9.09. The van der Waals surface area contributed by atoms with Crippen LogP contribution in [0.1, 0.15) is 29.6 Å². The van der Waals surface area contributed by atoms with Crippen LogP contribution in [0.5, 0.6) is 0 Å². The van der Waals surface area contributed by atoms with Gasteiger partial charge < -0.3 is 5.32 Å². The highest BCUT2D eigenvalue weighted by Gasteiger charge is 2.42. The molecule has 0 atom stereocenters. The number of hydrogen-bond donors (Lipinski definition) is 1. The number of nitrogens with zero attached hydrogens (tertiary/aromatic N) is 1. The Balaban J connectivity index is 2.09. The molecule has 0 bridgehead atoms. The number of benzene rings is 1. The minimum absolute atomic E-state index is 0.0112. The zero-order valence-electron chi connectivity index (χ0n) is 10.7. The van der Waals surface area contributed by atoms with Crippen molar-refractivity contribution < 1.29 is 9.72 Å². The van der Waals surface area contributed by atoms with Gasteiger partial charge in [0, 0.05) is 23.0 Å². The van der Waals surface area contributed by atoms with Gasteiger partial charge in [-0.15, -0.1) is 0 Å². The average molecular weight is 362 g/mol. The third-order valence-corrected chi connectivity index (χ3v) is 4.24. The molecule has 7 heteroatoms. The molecule has 0 aromatic heterocycles. The number of nitro benzene ring substituents is 1. The van der Waals surface area contributed by atoms with Crippen LogP contribution in [0, 0.1) is 15.5 Å². The van der Waals surface area contributed by atoms with Crippen molar-refractivity contribution in [2.24, 2.45) is 5.41 Å². The molecule has 1 fully saturated rings. The first-order chi connectivity index (χ1) is 9.47. The van der Waals surface area contributed by atoms with Gasteiger partial charge in [-0.2, -0.15) is 0 Å². The molecular formula is C13H14BrClN2O3. The molecule has 0 spiro atoms. The maximum atomic E-state index is 12.1. The minimum Gasteiger partial charge on any atom is -0.351 e. The van der Waals surface area contributed by atoms with E-state index in [-0.39, 0.29) is 16.7 Å². The number of rotatable bonds is 6. The van der Waals surface area contributed by atoms with Crippen LogP contribution < -0.4 is 5.32 Å². The van der Waals surface area contributed by atoms with Gasteiger partial charge in [0.1, 0.15) is 5.56 Å². The number of halogens is 2. The lowest BCUT2D eigenvalue weighted by atomic mass is 10.0. The predicted molar refractivity (Wildman–Crippen MR) is 80.5 cm³/mol. The van der Waals surface area contributed by atoms with Gasteiger partial charge >= 0.3 is 0 Å². The van der Waals surface area contributed by atoms with Crippen molar-refractivity contribution in [1.82, 2.24) is 5.32 Å². The molecule has 0 radical (unpaired) electrons. The molecule has 1 aromatic rings. The van der Waals surface area contributed by atoms with Gasteiger partial charge in [0.25, 0.3) is 11.6 Å². The zero-order valence-corrected chi connectivity index (χ0v) is 13.0. The Labute approximate surface area is 130 Å². The number of amides is 1. The van der Waals surface area contributed by atoms with E-state index in [0.29, 0.717) is 11.6 Å². The van der Waals surface area contributed by atoms with E-state index < -0.39 is 10.8 Å². The number of carbonyl (C=O) groups excluding carboxylic acids is 1. The van der Waals surface area contributed by atoms with Crippen LogP contribution in [0.3, 0.4) is 0 Å². The third-order valence-electron chi connectivity index (χ3n) is 3.61. The van der Waals surface area contributed by atoms with Crippen LogP contribution in [0.15, 0.2) is 18.2 Å². The number of alkyl halides is 1. The number of hydrogen-bond acceptors (Lipinski definition) is 3. The molecule has 0 saturated heterocycles. The first kappa shape index (κ1) is 15.3. The first-order valence-corrected chi connectivity index (χ1v) is 7.75. The van der Waals surface area contributed by atoms with Crippen molar-refractivity contribution in [3.05, 3.63) is 38.9 Å². The molecule has 5 nitrogen and oxygen atoms in total. The quantitative estimate of drug-likeness (QED) is 0.478. The van der Waals surface area contributed by atoms with Crippen LogP contribution in [0.25, 0.3) is 0 Å². The van der Waals surface area contributed by atoms with Gasteiger partial charge in [-0.05, 0) is 36.8 Å². The Kier molecular flexibility index (Phi) is 4.65. The normalized spacial score (nSPS) is 15.7. The first-order valence-electron chi connectivity index (χ1n) is 6.25. The summed E-state index contributed by atoms with van der Waals surface area (Å²) in [5, 5.41) is 14.9. The molecule has 0 aliphatic heterocycles. The second kappa shape index (κ2) is 6.10. The lowest BCUT2D eigenvalue weighted by Crippen LogP contribution is -2.30.